The summed E-state index contributed by atoms with van der Waals surface area (Å²) in [6.45, 7) is 6.20. The monoisotopic (exact) mass is 242 g/mol. The average molecular weight is 242 g/mol. The van der Waals surface area contributed by atoms with Crippen LogP contribution >= 0.6 is 0 Å². The van der Waals surface area contributed by atoms with Crippen molar-refractivity contribution in [2.45, 2.75) is 27.2 Å². The molecule has 0 fully saturated rings. The molecule has 1 aromatic heterocycles. The van der Waals surface area contributed by atoms with Gasteiger partial charge in [-0.1, -0.05) is 25.1 Å². The molecule has 0 aliphatic rings. The number of rotatable bonds is 2. The van der Waals surface area contributed by atoms with E-state index in [1.54, 1.807) is 0 Å². The number of aryl methyl sites for hydroxylation is 2. The second kappa shape index (κ2) is 4.64. The number of anilines is 2. The molecule has 0 aliphatic heterocycles. The Labute approximate surface area is 107 Å². The van der Waals surface area contributed by atoms with E-state index in [9.17, 15) is 0 Å². The molecule has 0 radical (unpaired) electrons. The largest absolute Gasteiger partial charge is 0.383 e. The van der Waals surface area contributed by atoms with Crippen LogP contribution in [0, 0.1) is 13.8 Å². The highest BCUT2D eigenvalue weighted by Crippen LogP contribution is 2.32. The molecule has 0 amide bonds. The van der Waals surface area contributed by atoms with Gasteiger partial charge in [-0.15, -0.1) is 0 Å². The van der Waals surface area contributed by atoms with Crippen molar-refractivity contribution in [2.24, 2.45) is 0 Å². The van der Waals surface area contributed by atoms with Gasteiger partial charge in [0.1, 0.15) is 5.82 Å². The maximum atomic E-state index is 6.02. The van der Waals surface area contributed by atoms with Crippen molar-refractivity contribution < 1.29 is 0 Å². The van der Waals surface area contributed by atoms with Crippen LogP contribution < -0.4 is 11.5 Å². The van der Waals surface area contributed by atoms with Crippen LogP contribution in [-0.4, -0.2) is 9.97 Å². The van der Waals surface area contributed by atoms with E-state index in [1.165, 1.54) is 11.1 Å². The van der Waals surface area contributed by atoms with E-state index >= 15 is 0 Å². The topological polar surface area (TPSA) is 77.8 Å². The normalized spacial score (nSPS) is 10.6. The SMILES string of the molecule is CCc1nc(N)nc(N)c1-c1cccc(C)c1C. The summed E-state index contributed by atoms with van der Waals surface area (Å²) in [6.07, 6.45) is 0.777. The Bertz CT molecular complexity index is 591. The summed E-state index contributed by atoms with van der Waals surface area (Å²) in [6, 6.07) is 6.15. The van der Waals surface area contributed by atoms with Crippen LogP contribution in [0.25, 0.3) is 11.1 Å². The molecule has 0 unspecified atom stereocenters. The maximum Gasteiger partial charge on any atom is 0.222 e. The van der Waals surface area contributed by atoms with Gasteiger partial charge >= 0.3 is 0 Å². The third kappa shape index (κ3) is 2.01. The minimum absolute atomic E-state index is 0.235. The van der Waals surface area contributed by atoms with E-state index in [4.69, 9.17) is 11.5 Å². The lowest BCUT2D eigenvalue weighted by Gasteiger charge is -2.14. The van der Waals surface area contributed by atoms with Gasteiger partial charge in [0.15, 0.2) is 0 Å². The Hall–Kier alpha value is -2.10. The number of hydrogen-bond acceptors (Lipinski definition) is 4. The number of nitrogen functional groups attached to an aromatic ring is 2. The Morgan fingerprint density at radius 3 is 2.50 bits per heavy atom. The van der Waals surface area contributed by atoms with Gasteiger partial charge < -0.3 is 11.5 Å². The molecule has 18 heavy (non-hydrogen) atoms. The molecule has 4 heteroatoms. The first-order chi connectivity index (χ1) is 8.54. The summed E-state index contributed by atoms with van der Waals surface area (Å²) in [4.78, 5) is 8.36. The molecule has 0 aliphatic carbocycles. The molecule has 4 N–H and O–H groups in total. The molecule has 0 spiro atoms. The first-order valence-corrected chi connectivity index (χ1v) is 6.03. The van der Waals surface area contributed by atoms with E-state index in [0.717, 1.165) is 23.2 Å². The number of nitrogens with two attached hydrogens (primary N) is 2. The summed E-state index contributed by atoms with van der Waals surface area (Å²) >= 11 is 0. The van der Waals surface area contributed by atoms with Gasteiger partial charge in [0.2, 0.25) is 5.95 Å². The van der Waals surface area contributed by atoms with Gasteiger partial charge in [0.25, 0.3) is 0 Å². The third-order valence-corrected chi connectivity index (χ3v) is 3.24. The minimum atomic E-state index is 0.235. The standard InChI is InChI=1S/C14H18N4/c1-4-11-12(13(15)18-14(16)17-11)10-7-5-6-8(2)9(10)3/h5-7H,4H2,1-3H3,(H4,15,16,17,18). The van der Waals surface area contributed by atoms with Crippen molar-refractivity contribution in [3.8, 4) is 11.1 Å². The van der Waals surface area contributed by atoms with Gasteiger partial charge in [0, 0.05) is 5.56 Å². The molecule has 2 rings (SSSR count). The van der Waals surface area contributed by atoms with Crippen LogP contribution in [0.1, 0.15) is 23.7 Å². The lowest BCUT2D eigenvalue weighted by atomic mass is 9.95. The van der Waals surface area contributed by atoms with Crippen LogP contribution in [0.5, 0.6) is 0 Å². The summed E-state index contributed by atoms with van der Waals surface area (Å²) in [7, 11) is 0. The van der Waals surface area contributed by atoms with Gasteiger partial charge in [0.05, 0.1) is 5.69 Å². The fourth-order valence-electron chi connectivity index (χ4n) is 2.12. The molecule has 0 atom stereocenters. The number of hydrogen-bond donors (Lipinski definition) is 2. The molecule has 94 valence electrons. The van der Waals surface area contributed by atoms with Crippen LogP contribution in [0.4, 0.5) is 11.8 Å². The van der Waals surface area contributed by atoms with Gasteiger partial charge in [-0.25, -0.2) is 4.98 Å². The number of aromatic nitrogens is 2. The smallest absolute Gasteiger partial charge is 0.222 e. The van der Waals surface area contributed by atoms with E-state index in [2.05, 4.69) is 29.9 Å². The van der Waals surface area contributed by atoms with Gasteiger partial charge in [-0.3, -0.25) is 0 Å². The molecular formula is C14H18N4. The van der Waals surface area contributed by atoms with E-state index in [0.29, 0.717) is 5.82 Å². The summed E-state index contributed by atoms with van der Waals surface area (Å²) in [5, 5.41) is 0. The van der Waals surface area contributed by atoms with Crippen LogP contribution in [0.15, 0.2) is 18.2 Å². The predicted molar refractivity (Wildman–Crippen MR) is 75.1 cm³/mol. The summed E-state index contributed by atoms with van der Waals surface area (Å²) < 4.78 is 0. The third-order valence-electron chi connectivity index (χ3n) is 3.24. The van der Waals surface area contributed by atoms with Gasteiger partial charge in [-0.05, 0) is 37.0 Å². The Morgan fingerprint density at radius 2 is 1.83 bits per heavy atom. The molecule has 2 aromatic rings. The first-order valence-electron chi connectivity index (χ1n) is 6.03. The Kier molecular flexibility index (Phi) is 3.19. The Balaban J connectivity index is 2.74. The lowest BCUT2D eigenvalue weighted by molar-refractivity contribution is 1.02. The second-order valence-corrected chi connectivity index (χ2v) is 4.39. The highest BCUT2D eigenvalue weighted by Gasteiger charge is 2.14. The molecule has 1 heterocycles. The minimum Gasteiger partial charge on any atom is -0.383 e. The summed E-state index contributed by atoms with van der Waals surface area (Å²) in [5.74, 6) is 0.687. The molecule has 0 saturated carbocycles. The van der Waals surface area contributed by atoms with Crippen molar-refractivity contribution in [3.63, 3.8) is 0 Å². The molecule has 1 aromatic carbocycles. The van der Waals surface area contributed by atoms with Crippen LogP contribution in [0.3, 0.4) is 0 Å². The van der Waals surface area contributed by atoms with Crippen LogP contribution in [-0.2, 0) is 6.42 Å². The highest BCUT2D eigenvalue weighted by molar-refractivity contribution is 5.79. The predicted octanol–water partition coefficient (Wildman–Crippen LogP) is 2.49. The van der Waals surface area contributed by atoms with E-state index in [1.807, 2.05) is 19.1 Å². The van der Waals surface area contributed by atoms with Crippen molar-refractivity contribution >= 4 is 11.8 Å². The zero-order valence-electron chi connectivity index (χ0n) is 11.0. The zero-order valence-corrected chi connectivity index (χ0v) is 11.0. The van der Waals surface area contributed by atoms with Crippen molar-refractivity contribution in [3.05, 3.63) is 35.0 Å². The second-order valence-electron chi connectivity index (χ2n) is 4.39. The number of benzene rings is 1. The number of nitrogens with zero attached hydrogens (tertiary/aromatic N) is 2. The average Bonchev–Trinajstić information content (AvgIpc) is 2.32. The van der Waals surface area contributed by atoms with Gasteiger partial charge in [-0.2, -0.15) is 4.98 Å². The van der Waals surface area contributed by atoms with E-state index in [-0.39, 0.29) is 5.95 Å². The molecule has 4 nitrogen and oxygen atoms in total. The highest BCUT2D eigenvalue weighted by atomic mass is 15.0. The van der Waals surface area contributed by atoms with Crippen molar-refractivity contribution in [1.29, 1.82) is 0 Å². The molecular weight excluding hydrogens is 224 g/mol. The van der Waals surface area contributed by atoms with Crippen molar-refractivity contribution in [2.75, 3.05) is 11.5 Å². The van der Waals surface area contributed by atoms with E-state index < -0.39 is 0 Å². The molecule has 0 bridgehead atoms. The quantitative estimate of drug-likeness (QED) is 0.848. The fraction of sp³-hybridized carbons (Fsp3) is 0.286. The zero-order chi connectivity index (χ0) is 13.3. The Morgan fingerprint density at radius 1 is 1.11 bits per heavy atom. The van der Waals surface area contributed by atoms with Crippen LogP contribution in [0.2, 0.25) is 0 Å². The van der Waals surface area contributed by atoms with Crippen molar-refractivity contribution in [1.82, 2.24) is 9.97 Å². The maximum absolute atomic E-state index is 6.02. The molecule has 0 saturated heterocycles. The fourth-order valence-corrected chi connectivity index (χ4v) is 2.12. The lowest BCUT2D eigenvalue weighted by Crippen LogP contribution is -2.07. The summed E-state index contributed by atoms with van der Waals surface area (Å²) in [5.41, 5.74) is 17.0. The first kappa shape index (κ1) is 12.4.